The SMILES string of the molecule is [Te]CC[Te]. The van der Waals surface area contributed by atoms with Gasteiger partial charge in [0.05, 0.1) is 0 Å². The van der Waals surface area contributed by atoms with Gasteiger partial charge in [-0.1, -0.05) is 0 Å². The van der Waals surface area contributed by atoms with E-state index >= 15 is 0 Å². The molecule has 2 radical (unpaired) electrons. The minimum atomic E-state index is 1.33. The summed E-state index contributed by atoms with van der Waals surface area (Å²) >= 11 is 4.25. The summed E-state index contributed by atoms with van der Waals surface area (Å²) in [4.78, 5) is 0. The molecule has 0 saturated carbocycles. The van der Waals surface area contributed by atoms with E-state index in [4.69, 9.17) is 0 Å². The van der Waals surface area contributed by atoms with Crippen LogP contribution < -0.4 is 0 Å². The monoisotopic (exact) mass is 288 g/mol. The van der Waals surface area contributed by atoms with Crippen LogP contribution >= 0.6 is 0 Å². The third-order valence-electron chi connectivity index (χ3n) is 0.0833. The van der Waals surface area contributed by atoms with E-state index in [0.29, 0.717) is 0 Å². The van der Waals surface area contributed by atoms with Gasteiger partial charge in [0.1, 0.15) is 0 Å². The van der Waals surface area contributed by atoms with Gasteiger partial charge >= 0.3 is 53.5 Å². The summed E-state index contributed by atoms with van der Waals surface area (Å²) in [6.45, 7) is 0. The molecule has 2 heteroatoms. The molecule has 0 aromatic carbocycles. The first-order valence-electron chi connectivity index (χ1n) is 1.08. The molecule has 0 spiro atoms. The fraction of sp³-hybridized carbons (Fsp3) is 1.00. The maximum atomic E-state index is 2.13. The summed E-state index contributed by atoms with van der Waals surface area (Å²) in [5.74, 6) is 0. The standard InChI is InChI=1S/C2H4Te2/c3-1-2-4/h1-2H2. The fourth-order valence-electron chi connectivity index (χ4n) is 0. The molecule has 24 valence electrons. The second-order valence-electron chi connectivity index (χ2n) is 0.408. The van der Waals surface area contributed by atoms with Gasteiger partial charge in [0.15, 0.2) is 0 Å². The summed E-state index contributed by atoms with van der Waals surface area (Å²) < 4.78 is 2.67. The van der Waals surface area contributed by atoms with Gasteiger partial charge in [-0.15, -0.1) is 0 Å². The van der Waals surface area contributed by atoms with Gasteiger partial charge in [-0.3, -0.25) is 0 Å². The number of hydrogen-bond donors (Lipinski definition) is 0. The third-order valence-corrected chi connectivity index (χ3v) is 3.75. The molecule has 0 aliphatic carbocycles. The van der Waals surface area contributed by atoms with Crippen LogP contribution in [-0.4, -0.2) is 44.6 Å². The Hall–Kier alpha value is 1.58. The van der Waals surface area contributed by atoms with Gasteiger partial charge in [0, 0.05) is 0 Å². The molecule has 0 aliphatic heterocycles. The Kier molecular flexibility index (Phi) is 6.39. The van der Waals surface area contributed by atoms with Crippen molar-refractivity contribution in [2.24, 2.45) is 0 Å². The Morgan fingerprint density at radius 2 is 1.25 bits per heavy atom. The Balaban J connectivity index is 1.97. The van der Waals surface area contributed by atoms with Crippen LogP contribution in [0.2, 0.25) is 8.94 Å². The molecule has 0 aromatic rings. The van der Waals surface area contributed by atoms with E-state index < -0.39 is 0 Å². The topological polar surface area (TPSA) is 0 Å². The molecular weight excluding hydrogens is 279 g/mol. The van der Waals surface area contributed by atoms with Crippen LogP contribution in [0, 0.1) is 0 Å². The van der Waals surface area contributed by atoms with E-state index in [0.717, 1.165) is 0 Å². The average Bonchev–Trinajstić information content (AvgIpc) is 1.37. The Bertz CT molecular complexity index is 6.00. The van der Waals surface area contributed by atoms with Gasteiger partial charge < -0.3 is 0 Å². The molecular formula is C2H4Te2. The summed E-state index contributed by atoms with van der Waals surface area (Å²) in [6.07, 6.45) is 0. The summed E-state index contributed by atoms with van der Waals surface area (Å²) in [5.41, 5.74) is 0. The summed E-state index contributed by atoms with van der Waals surface area (Å²) in [6, 6.07) is 0. The van der Waals surface area contributed by atoms with Crippen molar-refractivity contribution in [3.8, 4) is 0 Å². The Morgan fingerprint density at radius 1 is 1.00 bits per heavy atom. The molecule has 0 N–H and O–H groups in total. The van der Waals surface area contributed by atoms with Crippen molar-refractivity contribution in [1.82, 2.24) is 0 Å². The van der Waals surface area contributed by atoms with Crippen LogP contribution in [0.5, 0.6) is 0 Å². The molecule has 0 rings (SSSR count). The number of hydrogen-bond acceptors (Lipinski definition) is 0. The molecule has 0 nitrogen and oxygen atoms in total. The quantitative estimate of drug-likeness (QED) is 0.602. The molecule has 0 fully saturated rings. The van der Waals surface area contributed by atoms with Crippen molar-refractivity contribution in [2.45, 2.75) is 8.94 Å². The maximum absolute atomic E-state index is 2.13. The van der Waals surface area contributed by atoms with Gasteiger partial charge in [0.25, 0.3) is 0 Å². The third kappa shape index (κ3) is 3.58. The van der Waals surface area contributed by atoms with Crippen molar-refractivity contribution >= 4 is 44.6 Å². The van der Waals surface area contributed by atoms with Crippen LogP contribution in [0.15, 0.2) is 0 Å². The molecule has 0 aromatic heterocycles. The Morgan fingerprint density at radius 3 is 1.25 bits per heavy atom. The van der Waals surface area contributed by atoms with E-state index in [1.807, 2.05) is 0 Å². The van der Waals surface area contributed by atoms with Gasteiger partial charge in [-0.05, 0) is 0 Å². The van der Waals surface area contributed by atoms with Gasteiger partial charge in [-0.2, -0.15) is 0 Å². The zero-order valence-corrected chi connectivity index (χ0v) is 6.89. The average molecular weight is 283 g/mol. The fourth-order valence-corrected chi connectivity index (χ4v) is 0. The summed E-state index contributed by atoms with van der Waals surface area (Å²) in [7, 11) is 0. The second kappa shape index (κ2) is 4.58. The molecule has 0 amide bonds. The Labute approximate surface area is 53.2 Å². The zero-order valence-electron chi connectivity index (χ0n) is 2.23. The van der Waals surface area contributed by atoms with Crippen LogP contribution in [0.1, 0.15) is 0 Å². The van der Waals surface area contributed by atoms with Gasteiger partial charge in [0.2, 0.25) is 0 Å². The predicted molar refractivity (Wildman–Crippen MR) is 21.1 cm³/mol. The van der Waals surface area contributed by atoms with Crippen molar-refractivity contribution in [3.63, 3.8) is 0 Å². The van der Waals surface area contributed by atoms with E-state index in [1.54, 1.807) is 0 Å². The normalized spacial score (nSPS) is 7.50. The minimum absolute atomic E-state index is 1.33. The van der Waals surface area contributed by atoms with Crippen molar-refractivity contribution in [2.75, 3.05) is 0 Å². The van der Waals surface area contributed by atoms with E-state index in [9.17, 15) is 0 Å². The number of rotatable bonds is 1. The van der Waals surface area contributed by atoms with Crippen LogP contribution in [0.3, 0.4) is 0 Å². The zero-order chi connectivity index (χ0) is 3.41. The van der Waals surface area contributed by atoms with Crippen molar-refractivity contribution in [1.29, 1.82) is 0 Å². The molecule has 0 atom stereocenters. The van der Waals surface area contributed by atoms with E-state index in [1.165, 1.54) is 8.94 Å². The molecule has 0 saturated heterocycles. The van der Waals surface area contributed by atoms with Crippen molar-refractivity contribution < 1.29 is 0 Å². The van der Waals surface area contributed by atoms with E-state index in [-0.39, 0.29) is 0 Å². The predicted octanol–water partition coefficient (Wildman–Crippen LogP) is 0.160. The van der Waals surface area contributed by atoms with Crippen LogP contribution in [0.4, 0.5) is 0 Å². The van der Waals surface area contributed by atoms with Gasteiger partial charge in [-0.25, -0.2) is 0 Å². The first kappa shape index (κ1) is 5.58. The van der Waals surface area contributed by atoms with Crippen molar-refractivity contribution in [3.05, 3.63) is 0 Å². The van der Waals surface area contributed by atoms with Crippen LogP contribution in [0.25, 0.3) is 0 Å². The molecule has 0 bridgehead atoms. The second-order valence-corrected chi connectivity index (χ2v) is 2.74. The molecule has 0 aliphatic rings. The first-order chi connectivity index (χ1) is 1.91. The molecule has 0 heterocycles. The van der Waals surface area contributed by atoms with E-state index in [2.05, 4.69) is 44.6 Å². The summed E-state index contributed by atoms with van der Waals surface area (Å²) in [5, 5.41) is 0. The molecule has 0 unspecified atom stereocenters. The first-order valence-corrected chi connectivity index (χ1v) is 4.37. The van der Waals surface area contributed by atoms with Crippen LogP contribution in [-0.2, 0) is 0 Å². The molecule has 4 heavy (non-hydrogen) atoms.